The predicted octanol–water partition coefficient (Wildman–Crippen LogP) is 2.90. The normalized spacial score (nSPS) is 9.92. The van der Waals surface area contributed by atoms with Crippen molar-refractivity contribution in [1.82, 2.24) is 0 Å². The fourth-order valence-electron chi connectivity index (χ4n) is 0.945. The van der Waals surface area contributed by atoms with Gasteiger partial charge in [0.05, 0.1) is 0 Å². The second-order valence-corrected chi connectivity index (χ2v) is 6.19. The first kappa shape index (κ1) is 11.3. The van der Waals surface area contributed by atoms with E-state index >= 15 is 0 Å². The third kappa shape index (κ3) is 4.30. The molecule has 0 radical (unpaired) electrons. The molecule has 1 aromatic rings. The van der Waals surface area contributed by atoms with E-state index < -0.39 is 0 Å². The van der Waals surface area contributed by atoms with Crippen LogP contribution in [0.15, 0.2) is 30.8 Å². The Morgan fingerprint density at radius 1 is 1.31 bits per heavy atom. The molecule has 1 rings (SSSR count). The molecule has 0 atom stereocenters. The zero-order valence-corrected chi connectivity index (χ0v) is 11.4. The molecule has 0 heterocycles. The third-order valence-corrected chi connectivity index (χ3v) is 4.73. The van der Waals surface area contributed by atoms with E-state index in [4.69, 9.17) is 0 Å². The zero-order chi connectivity index (χ0) is 9.52. The summed E-state index contributed by atoms with van der Waals surface area (Å²) in [6, 6.07) is 8.75. The number of hydrogen-bond acceptors (Lipinski definition) is 0. The summed E-state index contributed by atoms with van der Waals surface area (Å²) >= 11 is 3.11. The second kappa shape index (κ2) is 6.63. The standard InChI is InChI=1S/C11H13ISe/c1-2-10-4-6-11(7-5-10)13-9-3-8-12/h2,4-7H,1,3,8-9H2. The molecule has 0 saturated carbocycles. The van der Waals surface area contributed by atoms with E-state index in [-0.39, 0.29) is 0 Å². The summed E-state index contributed by atoms with van der Waals surface area (Å²) in [6.45, 7) is 3.74. The van der Waals surface area contributed by atoms with E-state index in [2.05, 4.69) is 53.4 Å². The van der Waals surface area contributed by atoms with Crippen LogP contribution in [0.5, 0.6) is 0 Å². The molecule has 0 amide bonds. The molecule has 0 fully saturated rings. The van der Waals surface area contributed by atoms with Crippen molar-refractivity contribution in [3.05, 3.63) is 36.4 Å². The van der Waals surface area contributed by atoms with Gasteiger partial charge in [0.25, 0.3) is 0 Å². The van der Waals surface area contributed by atoms with Gasteiger partial charge in [-0.15, -0.1) is 0 Å². The molecule has 0 aliphatic rings. The molecule has 1 aromatic carbocycles. The van der Waals surface area contributed by atoms with Crippen LogP contribution < -0.4 is 4.46 Å². The summed E-state index contributed by atoms with van der Waals surface area (Å²) in [4.78, 5) is 0. The van der Waals surface area contributed by atoms with E-state index in [9.17, 15) is 0 Å². The molecule has 13 heavy (non-hydrogen) atoms. The Hall–Kier alpha value is 0.209. The Labute approximate surface area is 100 Å². The fraction of sp³-hybridized carbons (Fsp3) is 0.273. The molecule has 0 N–H and O–H groups in total. The molecular weight excluding hydrogens is 338 g/mol. The third-order valence-electron chi connectivity index (χ3n) is 1.66. The number of alkyl halides is 1. The van der Waals surface area contributed by atoms with Gasteiger partial charge in [-0.2, -0.15) is 0 Å². The summed E-state index contributed by atoms with van der Waals surface area (Å²) in [5, 5.41) is 1.36. The SMILES string of the molecule is C=Cc1ccc([Se]CCCI)cc1. The van der Waals surface area contributed by atoms with Gasteiger partial charge in [-0.05, 0) is 0 Å². The van der Waals surface area contributed by atoms with Crippen LogP contribution in [0.3, 0.4) is 0 Å². The van der Waals surface area contributed by atoms with E-state index in [0.717, 1.165) is 0 Å². The Kier molecular flexibility index (Phi) is 5.76. The first-order valence-electron chi connectivity index (χ1n) is 4.28. The summed E-state index contributed by atoms with van der Waals surface area (Å²) in [5.74, 6) is 0. The van der Waals surface area contributed by atoms with Crippen molar-refractivity contribution in [2.24, 2.45) is 0 Å². The van der Waals surface area contributed by atoms with Gasteiger partial charge in [-0.3, -0.25) is 0 Å². The molecule has 70 valence electrons. The van der Waals surface area contributed by atoms with E-state index in [1.807, 2.05) is 6.08 Å². The average Bonchev–Trinajstić information content (AvgIpc) is 2.19. The number of benzene rings is 1. The Balaban J connectivity index is 2.44. The maximum atomic E-state index is 3.74. The van der Waals surface area contributed by atoms with Gasteiger partial charge in [0.2, 0.25) is 0 Å². The van der Waals surface area contributed by atoms with Crippen molar-refractivity contribution in [1.29, 1.82) is 0 Å². The maximum absolute atomic E-state index is 3.74. The van der Waals surface area contributed by atoms with Crippen LogP contribution in [0, 0.1) is 0 Å². The Morgan fingerprint density at radius 3 is 2.54 bits per heavy atom. The molecular formula is C11H13ISe. The van der Waals surface area contributed by atoms with Gasteiger partial charge in [0, 0.05) is 0 Å². The first-order valence-corrected chi connectivity index (χ1v) is 7.87. The topological polar surface area (TPSA) is 0 Å². The predicted molar refractivity (Wildman–Crippen MR) is 70.2 cm³/mol. The quantitative estimate of drug-likeness (QED) is 0.331. The van der Waals surface area contributed by atoms with Gasteiger partial charge in [-0.1, -0.05) is 0 Å². The van der Waals surface area contributed by atoms with Gasteiger partial charge < -0.3 is 0 Å². The van der Waals surface area contributed by atoms with Crippen LogP contribution >= 0.6 is 22.6 Å². The van der Waals surface area contributed by atoms with E-state index in [1.54, 1.807) is 0 Å². The van der Waals surface area contributed by atoms with Crippen LogP contribution in [-0.4, -0.2) is 19.4 Å². The fourth-order valence-corrected chi connectivity index (χ4v) is 4.28. The minimum atomic E-state index is 0.671. The molecule has 0 nitrogen and oxygen atoms in total. The zero-order valence-electron chi connectivity index (χ0n) is 7.50. The van der Waals surface area contributed by atoms with Crippen molar-refractivity contribution >= 4 is 48.1 Å². The first-order chi connectivity index (χ1) is 6.36. The summed E-state index contributed by atoms with van der Waals surface area (Å²) < 4.78 is 2.78. The van der Waals surface area contributed by atoms with Gasteiger partial charge in [0.15, 0.2) is 0 Å². The van der Waals surface area contributed by atoms with Crippen LogP contribution in [0.25, 0.3) is 6.08 Å². The van der Waals surface area contributed by atoms with Gasteiger partial charge in [0.1, 0.15) is 0 Å². The molecule has 0 aliphatic carbocycles. The number of hydrogen-bond donors (Lipinski definition) is 0. The summed E-state index contributed by atoms with van der Waals surface area (Å²) in [6.07, 6.45) is 3.24. The van der Waals surface area contributed by atoms with Crippen LogP contribution in [0.4, 0.5) is 0 Å². The summed E-state index contributed by atoms with van der Waals surface area (Å²) in [5.41, 5.74) is 1.22. The summed E-state index contributed by atoms with van der Waals surface area (Å²) in [7, 11) is 0. The minimum absolute atomic E-state index is 0.671. The van der Waals surface area contributed by atoms with E-state index in [1.165, 1.54) is 26.2 Å². The van der Waals surface area contributed by atoms with Crippen LogP contribution in [0.1, 0.15) is 12.0 Å². The van der Waals surface area contributed by atoms with Crippen molar-refractivity contribution in [2.75, 3.05) is 4.43 Å². The van der Waals surface area contributed by atoms with Crippen molar-refractivity contribution < 1.29 is 0 Å². The molecule has 2 heteroatoms. The molecule has 0 unspecified atom stereocenters. The van der Waals surface area contributed by atoms with Crippen LogP contribution in [0.2, 0.25) is 5.32 Å². The number of rotatable bonds is 5. The van der Waals surface area contributed by atoms with Gasteiger partial charge in [-0.25, -0.2) is 0 Å². The molecule has 0 spiro atoms. The van der Waals surface area contributed by atoms with Crippen molar-refractivity contribution in [2.45, 2.75) is 11.7 Å². The van der Waals surface area contributed by atoms with Crippen LogP contribution in [-0.2, 0) is 0 Å². The molecule has 0 bridgehead atoms. The molecule has 0 saturated heterocycles. The Morgan fingerprint density at radius 2 is 2.00 bits per heavy atom. The van der Waals surface area contributed by atoms with E-state index in [0.29, 0.717) is 15.0 Å². The average molecular weight is 351 g/mol. The van der Waals surface area contributed by atoms with Crippen molar-refractivity contribution in [3.8, 4) is 0 Å². The molecule has 0 aromatic heterocycles. The Bertz CT molecular complexity index is 253. The monoisotopic (exact) mass is 352 g/mol. The molecule has 0 aliphatic heterocycles. The van der Waals surface area contributed by atoms with Gasteiger partial charge >= 0.3 is 101 Å². The van der Waals surface area contributed by atoms with Crippen molar-refractivity contribution in [3.63, 3.8) is 0 Å². The second-order valence-electron chi connectivity index (χ2n) is 2.66. The number of halogens is 1.